The minimum atomic E-state index is -1.02. The molecule has 0 aromatic heterocycles. The third-order valence-electron chi connectivity index (χ3n) is 4.42. The zero-order valence-corrected chi connectivity index (χ0v) is 11.4. The molecule has 0 unspecified atom stereocenters. The van der Waals surface area contributed by atoms with Gasteiger partial charge in [0.05, 0.1) is 0 Å². The lowest BCUT2D eigenvalue weighted by Gasteiger charge is -2.45. The third-order valence-corrected chi connectivity index (χ3v) is 4.42. The van der Waals surface area contributed by atoms with Crippen molar-refractivity contribution in [3.8, 4) is 0 Å². The van der Waals surface area contributed by atoms with Gasteiger partial charge < -0.3 is 9.47 Å². The standard InChI is InChI=1S/C15H18O4/c1-8-4-5-11-9(2)6-15(18-13(11)12(8)16)7-10(3)14(17)19-15/h4,7,9,11,13H,5-6H2,1-3H3/t9-,11+,13+,15+/m0/s1. The molecular formula is C15H18O4. The van der Waals surface area contributed by atoms with Crippen molar-refractivity contribution in [1.29, 1.82) is 0 Å². The summed E-state index contributed by atoms with van der Waals surface area (Å²) in [5.74, 6) is -0.871. The van der Waals surface area contributed by atoms with E-state index in [4.69, 9.17) is 9.47 Å². The number of hydrogen-bond donors (Lipinski definition) is 0. The number of allylic oxidation sites excluding steroid dienone is 1. The summed E-state index contributed by atoms with van der Waals surface area (Å²) in [6, 6.07) is 0. The molecule has 4 heteroatoms. The number of Topliss-reactive ketones (excluding diaryl/α,β-unsaturated/α-hetero) is 1. The summed E-state index contributed by atoms with van der Waals surface area (Å²) < 4.78 is 11.3. The van der Waals surface area contributed by atoms with E-state index in [2.05, 4.69) is 6.92 Å². The Morgan fingerprint density at radius 1 is 1.26 bits per heavy atom. The monoisotopic (exact) mass is 262 g/mol. The predicted octanol–water partition coefficient (Wildman–Crippen LogP) is 2.15. The molecule has 0 amide bonds. The van der Waals surface area contributed by atoms with Gasteiger partial charge in [-0.25, -0.2) is 4.79 Å². The Balaban J connectivity index is 1.93. The lowest BCUT2D eigenvalue weighted by Crippen LogP contribution is -2.52. The zero-order chi connectivity index (χ0) is 13.8. The van der Waals surface area contributed by atoms with Gasteiger partial charge in [0.25, 0.3) is 0 Å². The van der Waals surface area contributed by atoms with Crippen molar-refractivity contribution in [2.75, 3.05) is 0 Å². The maximum absolute atomic E-state index is 12.3. The van der Waals surface area contributed by atoms with Crippen LogP contribution in [0, 0.1) is 11.8 Å². The fourth-order valence-corrected chi connectivity index (χ4v) is 3.31. The van der Waals surface area contributed by atoms with E-state index in [-0.39, 0.29) is 23.6 Å². The van der Waals surface area contributed by atoms with Gasteiger partial charge >= 0.3 is 5.97 Å². The fraction of sp³-hybridized carbons (Fsp3) is 0.600. The molecule has 0 bridgehead atoms. The Kier molecular flexibility index (Phi) is 2.68. The number of carbonyl (C=O) groups is 2. The highest BCUT2D eigenvalue weighted by Crippen LogP contribution is 2.45. The first-order chi connectivity index (χ1) is 8.92. The molecule has 0 saturated carbocycles. The van der Waals surface area contributed by atoms with Crippen LogP contribution in [0.1, 0.15) is 33.6 Å². The highest BCUT2D eigenvalue weighted by molar-refractivity contribution is 5.99. The SMILES string of the molecule is CC1=C[C@@]2(C[C@H](C)[C@H]3CC=C(C)C(=O)[C@@H]3O2)OC1=O. The second-order valence-corrected chi connectivity index (χ2v) is 5.90. The Morgan fingerprint density at radius 3 is 2.63 bits per heavy atom. The van der Waals surface area contributed by atoms with E-state index in [1.807, 2.05) is 13.0 Å². The highest BCUT2D eigenvalue weighted by Gasteiger charge is 2.52. The van der Waals surface area contributed by atoms with Crippen LogP contribution in [-0.4, -0.2) is 23.6 Å². The van der Waals surface area contributed by atoms with Gasteiger partial charge in [0.15, 0.2) is 5.78 Å². The quantitative estimate of drug-likeness (QED) is 0.628. The fourth-order valence-electron chi connectivity index (χ4n) is 3.31. The second kappa shape index (κ2) is 4.04. The third kappa shape index (κ3) is 1.86. The van der Waals surface area contributed by atoms with Crippen LogP contribution < -0.4 is 0 Å². The maximum atomic E-state index is 12.3. The van der Waals surface area contributed by atoms with E-state index >= 15 is 0 Å². The van der Waals surface area contributed by atoms with Crippen molar-refractivity contribution in [3.05, 3.63) is 23.3 Å². The number of carbonyl (C=O) groups excluding carboxylic acids is 2. The number of hydrogen-bond acceptors (Lipinski definition) is 4. The summed E-state index contributed by atoms with van der Waals surface area (Å²) >= 11 is 0. The van der Waals surface area contributed by atoms with Gasteiger partial charge in [-0.15, -0.1) is 0 Å². The molecule has 1 aliphatic carbocycles. The van der Waals surface area contributed by atoms with Crippen molar-refractivity contribution in [2.45, 2.75) is 45.5 Å². The lowest BCUT2D eigenvalue weighted by atomic mass is 9.74. The second-order valence-electron chi connectivity index (χ2n) is 5.90. The Labute approximate surface area is 112 Å². The van der Waals surface area contributed by atoms with Crippen LogP contribution >= 0.6 is 0 Å². The zero-order valence-electron chi connectivity index (χ0n) is 11.4. The number of ether oxygens (including phenoxy) is 2. The first-order valence-corrected chi connectivity index (χ1v) is 6.73. The van der Waals surface area contributed by atoms with Gasteiger partial charge in [0.1, 0.15) is 6.10 Å². The van der Waals surface area contributed by atoms with Gasteiger partial charge in [0.2, 0.25) is 5.79 Å². The van der Waals surface area contributed by atoms with E-state index < -0.39 is 11.9 Å². The number of rotatable bonds is 0. The van der Waals surface area contributed by atoms with Crippen LogP contribution in [0.15, 0.2) is 23.3 Å². The summed E-state index contributed by atoms with van der Waals surface area (Å²) in [6.45, 7) is 5.62. The van der Waals surface area contributed by atoms with Crippen LogP contribution in [0.5, 0.6) is 0 Å². The van der Waals surface area contributed by atoms with Crippen molar-refractivity contribution >= 4 is 11.8 Å². The molecule has 19 heavy (non-hydrogen) atoms. The molecule has 0 aromatic carbocycles. The molecule has 1 spiro atoms. The molecule has 4 atom stereocenters. The molecule has 1 saturated heterocycles. The molecule has 0 aromatic rings. The van der Waals surface area contributed by atoms with Crippen LogP contribution in [0.25, 0.3) is 0 Å². The smallest absolute Gasteiger partial charge is 0.336 e. The predicted molar refractivity (Wildman–Crippen MR) is 68.1 cm³/mol. The number of ketones is 1. The average Bonchev–Trinajstić information content (AvgIpc) is 2.59. The molecule has 2 heterocycles. The molecule has 1 fully saturated rings. The van der Waals surface area contributed by atoms with E-state index in [0.29, 0.717) is 12.0 Å². The molecule has 2 aliphatic heterocycles. The topological polar surface area (TPSA) is 52.6 Å². The van der Waals surface area contributed by atoms with Gasteiger partial charge in [0, 0.05) is 12.0 Å². The van der Waals surface area contributed by atoms with Crippen LogP contribution in [0.4, 0.5) is 0 Å². The normalized spacial score (nSPS) is 41.7. The Hall–Kier alpha value is -1.42. The molecule has 3 rings (SSSR count). The van der Waals surface area contributed by atoms with Gasteiger partial charge in [-0.3, -0.25) is 4.79 Å². The van der Waals surface area contributed by atoms with Crippen LogP contribution in [0.3, 0.4) is 0 Å². The molecule has 102 valence electrons. The maximum Gasteiger partial charge on any atom is 0.336 e. The molecule has 0 N–H and O–H groups in total. The summed E-state index contributed by atoms with van der Waals surface area (Å²) in [4.78, 5) is 23.8. The van der Waals surface area contributed by atoms with Crippen molar-refractivity contribution in [1.82, 2.24) is 0 Å². The van der Waals surface area contributed by atoms with Crippen LogP contribution in [-0.2, 0) is 19.1 Å². The van der Waals surface area contributed by atoms with Crippen molar-refractivity contribution in [3.63, 3.8) is 0 Å². The summed E-state index contributed by atoms with van der Waals surface area (Å²) in [5, 5.41) is 0. The minimum Gasteiger partial charge on any atom is -0.426 e. The summed E-state index contributed by atoms with van der Waals surface area (Å²) in [6.07, 6.45) is 4.71. The van der Waals surface area contributed by atoms with E-state index in [9.17, 15) is 9.59 Å². The van der Waals surface area contributed by atoms with Gasteiger partial charge in [-0.05, 0) is 43.8 Å². The Morgan fingerprint density at radius 2 is 2.00 bits per heavy atom. The number of esters is 1. The summed E-state index contributed by atoms with van der Waals surface area (Å²) in [5.41, 5.74) is 1.30. The molecule has 3 aliphatic rings. The van der Waals surface area contributed by atoms with Crippen LogP contribution in [0.2, 0.25) is 0 Å². The average molecular weight is 262 g/mol. The highest BCUT2D eigenvalue weighted by atomic mass is 16.7. The summed E-state index contributed by atoms with van der Waals surface area (Å²) in [7, 11) is 0. The first-order valence-electron chi connectivity index (χ1n) is 6.73. The van der Waals surface area contributed by atoms with E-state index in [0.717, 1.165) is 12.0 Å². The lowest BCUT2D eigenvalue weighted by molar-refractivity contribution is -0.251. The minimum absolute atomic E-state index is 0.0242. The number of fused-ring (bicyclic) bond motifs is 1. The van der Waals surface area contributed by atoms with Crippen molar-refractivity contribution < 1.29 is 19.1 Å². The molecule has 0 radical (unpaired) electrons. The Bertz CT molecular complexity index is 516. The first kappa shape index (κ1) is 12.6. The largest absolute Gasteiger partial charge is 0.426 e. The van der Waals surface area contributed by atoms with Gasteiger partial charge in [-0.1, -0.05) is 13.0 Å². The van der Waals surface area contributed by atoms with E-state index in [1.165, 1.54) is 0 Å². The van der Waals surface area contributed by atoms with Crippen molar-refractivity contribution in [2.24, 2.45) is 11.8 Å². The van der Waals surface area contributed by atoms with Gasteiger partial charge in [-0.2, -0.15) is 0 Å². The molecule has 4 nitrogen and oxygen atoms in total. The molecular weight excluding hydrogens is 244 g/mol. The van der Waals surface area contributed by atoms with E-state index in [1.54, 1.807) is 13.0 Å².